The lowest BCUT2D eigenvalue weighted by atomic mass is 9.93. The lowest BCUT2D eigenvalue weighted by molar-refractivity contribution is -0.101. The van der Waals surface area contributed by atoms with Gasteiger partial charge < -0.3 is 28.3 Å². The fourth-order valence-electron chi connectivity index (χ4n) is 3.87. The second-order valence-electron chi connectivity index (χ2n) is 7.14. The summed E-state index contributed by atoms with van der Waals surface area (Å²) in [6.07, 6.45) is 0.317. The first-order chi connectivity index (χ1) is 14.5. The topological polar surface area (TPSA) is 68.2 Å². The summed E-state index contributed by atoms with van der Waals surface area (Å²) in [4.78, 5) is 12.7. The van der Waals surface area contributed by atoms with Crippen LogP contribution in [0.25, 0.3) is 11.3 Å². The zero-order valence-electron chi connectivity index (χ0n) is 16.8. The molecule has 0 aliphatic carbocycles. The van der Waals surface area contributed by atoms with Crippen LogP contribution in [0.4, 0.5) is 8.78 Å². The van der Waals surface area contributed by atoms with Gasteiger partial charge >= 0.3 is 6.61 Å². The molecule has 0 saturated carbocycles. The number of hydrogen-bond acceptors (Lipinski definition) is 6. The SMILES string of the molecule is COc1cc2c(cc1OC(F)F)CCn1c-2c(C)c(OC[C@@H]2COCCO2)cc1=O. The quantitative estimate of drug-likeness (QED) is 0.712. The van der Waals surface area contributed by atoms with Crippen molar-refractivity contribution in [1.82, 2.24) is 4.57 Å². The summed E-state index contributed by atoms with van der Waals surface area (Å²) in [7, 11) is 1.38. The Labute approximate surface area is 172 Å². The second kappa shape index (κ2) is 8.61. The van der Waals surface area contributed by atoms with Crippen LogP contribution in [0.2, 0.25) is 0 Å². The number of alkyl halides is 2. The number of nitrogens with zero attached hydrogens (tertiary/aromatic N) is 1. The molecule has 0 N–H and O–H groups in total. The maximum absolute atomic E-state index is 12.8. The van der Waals surface area contributed by atoms with E-state index in [-0.39, 0.29) is 29.8 Å². The van der Waals surface area contributed by atoms with Crippen molar-refractivity contribution in [2.75, 3.05) is 33.5 Å². The molecule has 162 valence electrons. The first kappa shape index (κ1) is 20.6. The third-order valence-corrected chi connectivity index (χ3v) is 5.29. The molecule has 1 aromatic carbocycles. The number of ether oxygens (including phenoxy) is 5. The molecule has 0 unspecified atom stereocenters. The number of aryl methyl sites for hydroxylation is 1. The number of halogens is 2. The van der Waals surface area contributed by atoms with Crippen LogP contribution in [0, 0.1) is 6.92 Å². The number of rotatable bonds is 6. The molecule has 7 nitrogen and oxygen atoms in total. The number of pyridine rings is 1. The van der Waals surface area contributed by atoms with Gasteiger partial charge in [-0.15, -0.1) is 0 Å². The van der Waals surface area contributed by atoms with E-state index in [0.29, 0.717) is 44.2 Å². The van der Waals surface area contributed by atoms with Gasteiger partial charge in [0.05, 0.1) is 32.6 Å². The van der Waals surface area contributed by atoms with Gasteiger partial charge in [-0.3, -0.25) is 4.79 Å². The first-order valence-corrected chi connectivity index (χ1v) is 9.70. The van der Waals surface area contributed by atoms with E-state index in [4.69, 9.17) is 18.9 Å². The van der Waals surface area contributed by atoms with Crippen LogP contribution in [0.5, 0.6) is 17.2 Å². The molecule has 2 aliphatic heterocycles. The summed E-state index contributed by atoms with van der Waals surface area (Å²) in [5.41, 5.74) is 2.80. The van der Waals surface area contributed by atoms with Gasteiger partial charge in [0, 0.05) is 23.7 Å². The third-order valence-electron chi connectivity index (χ3n) is 5.29. The van der Waals surface area contributed by atoms with Crippen LogP contribution < -0.4 is 19.8 Å². The van der Waals surface area contributed by atoms with Gasteiger partial charge in [0.15, 0.2) is 11.5 Å². The van der Waals surface area contributed by atoms with Crippen molar-refractivity contribution in [3.05, 3.63) is 39.7 Å². The Balaban J connectivity index is 1.72. The molecule has 4 rings (SSSR count). The molecule has 9 heteroatoms. The van der Waals surface area contributed by atoms with Gasteiger partial charge in [0.2, 0.25) is 0 Å². The Morgan fingerprint density at radius 2 is 2.03 bits per heavy atom. The van der Waals surface area contributed by atoms with E-state index in [0.717, 1.165) is 16.7 Å². The monoisotopic (exact) mass is 423 g/mol. The maximum Gasteiger partial charge on any atom is 0.387 e. The van der Waals surface area contributed by atoms with Crippen LogP contribution >= 0.6 is 0 Å². The Morgan fingerprint density at radius 1 is 1.20 bits per heavy atom. The van der Waals surface area contributed by atoms with E-state index in [9.17, 15) is 13.6 Å². The van der Waals surface area contributed by atoms with Gasteiger partial charge in [-0.2, -0.15) is 8.78 Å². The predicted octanol–water partition coefficient (Wildman–Crippen LogP) is 2.78. The van der Waals surface area contributed by atoms with Crippen molar-refractivity contribution in [1.29, 1.82) is 0 Å². The summed E-state index contributed by atoms with van der Waals surface area (Å²) < 4.78 is 53.9. The normalized spacial score (nSPS) is 18.0. The van der Waals surface area contributed by atoms with Crippen molar-refractivity contribution in [2.45, 2.75) is 32.6 Å². The molecule has 0 bridgehead atoms. The van der Waals surface area contributed by atoms with E-state index in [2.05, 4.69) is 4.74 Å². The Bertz CT molecular complexity index is 984. The van der Waals surface area contributed by atoms with Crippen LogP contribution in [0.15, 0.2) is 23.0 Å². The molecule has 3 heterocycles. The Hall–Kier alpha value is -2.65. The highest BCUT2D eigenvalue weighted by Crippen LogP contribution is 2.41. The molecule has 2 aliphatic rings. The number of hydrogen-bond donors (Lipinski definition) is 0. The molecule has 0 amide bonds. The van der Waals surface area contributed by atoms with Crippen molar-refractivity contribution in [3.63, 3.8) is 0 Å². The van der Waals surface area contributed by atoms with Crippen molar-refractivity contribution >= 4 is 0 Å². The fourth-order valence-corrected chi connectivity index (χ4v) is 3.87. The highest BCUT2D eigenvalue weighted by Gasteiger charge is 2.25. The van der Waals surface area contributed by atoms with E-state index < -0.39 is 6.61 Å². The van der Waals surface area contributed by atoms with Crippen LogP contribution in [-0.2, 0) is 22.4 Å². The van der Waals surface area contributed by atoms with Crippen molar-refractivity contribution < 1.29 is 32.5 Å². The minimum absolute atomic E-state index is 0.0263. The summed E-state index contributed by atoms with van der Waals surface area (Å²) in [6.45, 7) is 1.12. The largest absolute Gasteiger partial charge is 0.493 e. The molecule has 1 fully saturated rings. The highest BCUT2D eigenvalue weighted by molar-refractivity contribution is 5.74. The maximum atomic E-state index is 12.8. The number of aromatic nitrogens is 1. The first-order valence-electron chi connectivity index (χ1n) is 9.70. The van der Waals surface area contributed by atoms with Gasteiger partial charge in [-0.25, -0.2) is 0 Å². The summed E-state index contributed by atoms with van der Waals surface area (Å²) in [5, 5.41) is 0. The molecule has 2 aromatic rings. The van der Waals surface area contributed by atoms with Crippen molar-refractivity contribution in [2.24, 2.45) is 0 Å². The molecular weight excluding hydrogens is 400 g/mol. The van der Waals surface area contributed by atoms with Gasteiger partial charge in [0.25, 0.3) is 5.56 Å². The Kier molecular flexibility index (Phi) is 5.92. The highest BCUT2D eigenvalue weighted by atomic mass is 19.3. The fraction of sp³-hybridized carbons (Fsp3) is 0.476. The Morgan fingerprint density at radius 3 is 2.73 bits per heavy atom. The second-order valence-corrected chi connectivity index (χ2v) is 7.14. The minimum Gasteiger partial charge on any atom is -0.493 e. The molecule has 30 heavy (non-hydrogen) atoms. The average molecular weight is 423 g/mol. The van der Waals surface area contributed by atoms with Crippen molar-refractivity contribution in [3.8, 4) is 28.5 Å². The standard InChI is InChI=1S/C21H23F2NO6/c1-12-16(29-11-14-10-27-5-6-28-14)9-19(25)24-4-3-13-7-18(30-21(22)23)17(26-2)8-15(13)20(12)24/h7-9,14,21H,3-6,10-11H2,1-2H3/t14-/m0/s1. The minimum atomic E-state index is -2.96. The van der Waals surface area contributed by atoms with E-state index in [1.165, 1.54) is 13.2 Å². The lowest BCUT2D eigenvalue weighted by Gasteiger charge is -2.27. The molecule has 1 saturated heterocycles. The van der Waals surface area contributed by atoms with Gasteiger partial charge in [0.1, 0.15) is 18.5 Å². The zero-order chi connectivity index (χ0) is 21.3. The number of methoxy groups -OCH3 is 1. The zero-order valence-corrected chi connectivity index (χ0v) is 16.8. The van der Waals surface area contributed by atoms with Gasteiger partial charge in [-0.05, 0) is 31.0 Å². The lowest BCUT2D eigenvalue weighted by Crippen LogP contribution is -2.34. The third kappa shape index (κ3) is 3.99. The molecule has 0 spiro atoms. The number of benzene rings is 1. The van der Waals surface area contributed by atoms with Crippen LogP contribution in [0.1, 0.15) is 11.1 Å². The smallest absolute Gasteiger partial charge is 0.387 e. The van der Waals surface area contributed by atoms with Gasteiger partial charge in [-0.1, -0.05) is 0 Å². The molecule has 1 atom stereocenters. The summed E-state index contributed by atoms with van der Waals surface area (Å²) in [6, 6.07) is 4.65. The summed E-state index contributed by atoms with van der Waals surface area (Å²) >= 11 is 0. The van der Waals surface area contributed by atoms with E-state index in [1.54, 1.807) is 16.7 Å². The predicted molar refractivity (Wildman–Crippen MR) is 104 cm³/mol. The average Bonchev–Trinajstić information content (AvgIpc) is 2.74. The van der Waals surface area contributed by atoms with E-state index in [1.807, 2.05) is 6.92 Å². The molecular formula is C21H23F2NO6. The van der Waals surface area contributed by atoms with Crippen LogP contribution in [0.3, 0.4) is 0 Å². The molecule has 0 radical (unpaired) electrons. The number of fused-ring (bicyclic) bond motifs is 3. The molecule has 1 aromatic heterocycles. The van der Waals surface area contributed by atoms with Crippen LogP contribution in [-0.4, -0.2) is 50.8 Å². The summed E-state index contributed by atoms with van der Waals surface area (Å²) in [5.74, 6) is 0.607. The van der Waals surface area contributed by atoms with E-state index >= 15 is 0 Å².